The van der Waals surface area contributed by atoms with Crippen molar-refractivity contribution in [2.24, 2.45) is 11.3 Å². The predicted molar refractivity (Wildman–Crippen MR) is 71.5 cm³/mol. The Morgan fingerprint density at radius 2 is 1.94 bits per heavy atom. The van der Waals surface area contributed by atoms with Gasteiger partial charge in [0.25, 0.3) is 0 Å². The third-order valence-corrected chi connectivity index (χ3v) is 4.29. The van der Waals surface area contributed by atoms with Gasteiger partial charge in [-0.25, -0.2) is 0 Å². The van der Waals surface area contributed by atoms with E-state index in [2.05, 4.69) is 20.8 Å². The first-order chi connectivity index (χ1) is 8.41. The summed E-state index contributed by atoms with van der Waals surface area (Å²) in [6.45, 7) is 9.58. The molecule has 0 aromatic rings. The van der Waals surface area contributed by atoms with Gasteiger partial charge < -0.3 is 14.6 Å². The zero-order chi connectivity index (χ0) is 13.3. The third kappa shape index (κ3) is 3.25. The first-order valence-electron chi connectivity index (χ1n) is 7.36. The molecule has 106 valence electrons. The molecule has 1 N–H and O–H groups in total. The topological polar surface area (TPSA) is 38.7 Å². The molecule has 5 unspecified atom stereocenters. The van der Waals surface area contributed by atoms with Crippen LogP contribution in [0.4, 0.5) is 0 Å². The molecule has 0 spiro atoms. The van der Waals surface area contributed by atoms with Crippen molar-refractivity contribution in [1.29, 1.82) is 0 Å². The van der Waals surface area contributed by atoms with Crippen LogP contribution in [0, 0.1) is 11.3 Å². The van der Waals surface area contributed by atoms with E-state index in [1.807, 2.05) is 6.92 Å². The number of ether oxygens (including phenoxy) is 2. The summed E-state index contributed by atoms with van der Waals surface area (Å²) in [7, 11) is 0. The summed E-state index contributed by atoms with van der Waals surface area (Å²) in [5.41, 5.74) is 0.381. The predicted octanol–water partition coefficient (Wildman–Crippen LogP) is 2.76. The number of hydrogen-bond acceptors (Lipinski definition) is 3. The van der Waals surface area contributed by atoms with Gasteiger partial charge in [-0.2, -0.15) is 0 Å². The van der Waals surface area contributed by atoms with E-state index in [9.17, 15) is 5.11 Å². The zero-order valence-electron chi connectivity index (χ0n) is 12.2. The smallest absolute Gasteiger partial charge is 0.110 e. The standard InChI is InChI=1S/C15H28O3/c1-5-17-14-12(16)7-13(14)18-11-6-10(2)8-15(3,4)9-11/h10-14,16H,5-9H2,1-4H3. The molecule has 3 heteroatoms. The average Bonchev–Trinajstić information content (AvgIpc) is 2.22. The minimum Gasteiger partial charge on any atom is -0.390 e. The summed E-state index contributed by atoms with van der Waals surface area (Å²) in [4.78, 5) is 0. The van der Waals surface area contributed by atoms with E-state index >= 15 is 0 Å². The van der Waals surface area contributed by atoms with Gasteiger partial charge >= 0.3 is 0 Å². The fourth-order valence-corrected chi connectivity index (χ4v) is 3.71. The highest BCUT2D eigenvalue weighted by atomic mass is 16.6. The molecule has 2 aliphatic carbocycles. The minimum atomic E-state index is -0.330. The summed E-state index contributed by atoms with van der Waals surface area (Å²) in [5.74, 6) is 0.731. The Labute approximate surface area is 111 Å². The molecule has 3 nitrogen and oxygen atoms in total. The van der Waals surface area contributed by atoms with E-state index in [4.69, 9.17) is 9.47 Å². The second kappa shape index (κ2) is 5.48. The number of aliphatic hydroxyl groups is 1. The van der Waals surface area contributed by atoms with Crippen molar-refractivity contribution in [3.63, 3.8) is 0 Å². The fraction of sp³-hybridized carbons (Fsp3) is 1.00. The molecular weight excluding hydrogens is 228 g/mol. The van der Waals surface area contributed by atoms with Gasteiger partial charge in [0.1, 0.15) is 6.10 Å². The van der Waals surface area contributed by atoms with Crippen molar-refractivity contribution in [3.8, 4) is 0 Å². The molecule has 5 atom stereocenters. The Kier molecular flexibility index (Phi) is 4.35. The molecule has 0 aliphatic heterocycles. The molecule has 2 rings (SSSR count). The summed E-state index contributed by atoms with van der Waals surface area (Å²) in [6, 6.07) is 0. The van der Waals surface area contributed by atoms with Crippen LogP contribution >= 0.6 is 0 Å². The number of hydrogen-bond donors (Lipinski definition) is 1. The average molecular weight is 256 g/mol. The summed E-state index contributed by atoms with van der Waals surface area (Å²) in [6.07, 6.45) is 4.30. The Hall–Kier alpha value is -0.120. The van der Waals surface area contributed by atoms with Gasteiger partial charge in [-0.1, -0.05) is 20.8 Å². The molecule has 2 aliphatic rings. The largest absolute Gasteiger partial charge is 0.390 e. The highest BCUT2D eigenvalue weighted by Crippen LogP contribution is 2.41. The van der Waals surface area contributed by atoms with Crippen LogP contribution in [-0.2, 0) is 9.47 Å². The Balaban J connectivity index is 1.86. The molecule has 0 aromatic heterocycles. The van der Waals surface area contributed by atoms with Crippen LogP contribution in [0.1, 0.15) is 53.4 Å². The SMILES string of the molecule is CCOC1C(O)CC1OC1CC(C)CC(C)(C)C1. The van der Waals surface area contributed by atoms with Crippen LogP contribution in [0.25, 0.3) is 0 Å². The van der Waals surface area contributed by atoms with Crippen LogP contribution < -0.4 is 0 Å². The number of aliphatic hydroxyl groups excluding tert-OH is 1. The second-order valence-electron chi connectivity index (χ2n) is 6.93. The van der Waals surface area contributed by atoms with Crippen molar-refractivity contribution in [2.75, 3.05) is 6.61 Å². The van der Waals surface area contributed by atoms with Crippen LogP contribution in [-0.4, -0.2) is 36.1 Å². The maximum absolute atomic E-state index is 9.69. The number of rotatable bonds is 4. The molecule has 0 aromatic carbocycles. The van der Waals surface area contributed by atoms with Gasteiger partial charge in [0.2, 0.25) is 0 Å². The highest BCUT2D eigenvalue weighted by Gasteiger charge is 2.44. The molecule has 0 saturated heterocycles. The first-order valence-corrected chi connectivity index (χ1v) is 7.36. The van der Waals surface area contributed by atoms with Crippen molar-refractivity contribution in [2.45, 2.75) is 77.8 Å². The third-order valence-electron chi connectivity index (χ3n) is 4.29. The van der Waals surface area contributed by atoms with Crippen molar-refractivity contribution in [1.82, 2.24) is 0 Å². The van der Waals surface area contributed by atoms with Crippen molar-refractivity contribution in [3.05, 3.63) is 0 Å². The molecule has 18 heavy (non-hydrogen) atoms. The lowest BCUT2D eigenvalue weighted by Gasteiger charge is -2.46. The Bertz CT molecular complexity index is 277. The van der Waals surface area contributed by atoms with Gasteiger partial charge in [0, 0.05) is 13.0 Å². The van der Waals surface area contributed by atoms with Crippen LogP contribution in [0.15, 0.2) is 0 Å². The Morgan fingerprint density at radius 1 is 1.22 bits per heavy atom. The van der Waals surface area contributed by atoms with E-state index in [1.165, 1.54) is 6.42 Å². The van der Waals surface area contributed by atoms with E-state index in [0.717, 1.165) is 25.2 Å². The monoisotopic (exact) mass is 256 g/mol. The van der Waals surface area contributed by atoms with E-state index in [-0.39, 0.29) is 18.3 Å². The van der Waals surface area contributed by atoms with Crippen LogP contribution in [0.3, 0.4) is 0 Å². The quantitative estimate of drug-likeness (QED) is 0.840. The van der Waals surface area contributed by atoms with Gasteiger partial charge in [-0.05, 0) is 37.5 Å². The summed E-state index contributed by atoms with van der Waals surface area (Å²) in [5, 5.41) is 9.69. The molecule has 0 radical (unpaired) electrons. The minimum absolute atomic E-state index is 0.102. The second-order valence-corrected chi connectivity index (χ2v) is 6.93. The van der Waals surface area contributed by atoms with Crippen LogP contribution in [0.5, 0.6) is 0 Å². The van der Waals surface area contributed by atoms with E-state index < -0.39 is 0 Å². The molecule has 0 bridgehead atoms. The normalized spacial score (nSPS) is 43.5. The Morgan fingerprint density at radius 3 is 2.50 bits per heavy atom. The zero-order valence-corrected chi connectivity index (χ0v) is 12.2. The molecule has 2 fully saturated rings. The van der Waals surface area contributed by atoms with Gasteiger partial charge in [0.15, 0.2) is 0 Å². The summed E-state index contributed by atoms with van der Waals surface area (Å²) < 4.78 is 11.7. The van der Waals surface area contributed by atoms with E-state index in [1.54, 1.807) is 0 Å². The molecular formula is C15H28O3. The van der Waals surface area contributed by atoms with Gasteiger partial charge in [-0.15, -0.1) is 0 Å². The lowest BCUT2D eigenvalue weighted by atomic mass is 9.71. The lowest BCUT2D eigenvalue weighted by Crippen LogP contribution is -2.55. The lowest BCUT2D eigenvalue weighted by molar-refractivity contribution is -0.214. The van der Waals surface area contributed by atoms with E-state index in [0.29, 0.717) is 18.1 Å². The maximum Gasteiger partial charge on any atom is 0.110 e. The van der Waals surface area contributed by atoms with Crippen LogP contribution in [0.2, 0.25) is 0 Å². The molecule has 2 saturated carbocycles. The first kappa shape index (κ1) is 14.3. The van der Waals surface area contributed by atoms with Gasteiger partial charge in [-0.3, -0.25) is 0 Å². The highest BCUT2D eigenvalue weighted by molar-refractivity contribution is 4.94. The van der Waals surface area contributed by atoms with Gasteiger partial charge in [0.05, 0.1) is 18.3 Å². The molecule has 0 heterocycles. The maximum atomic E-state index is 9.69. The molecule has 0 amide bonds. The summed E-state index contributed by atoms with van der Waals surface area (Å²) >= 11 is 0. The van der Waals surface area contributed by atoms with Crippen molar-refractivity contribution >= 4 is 0 Å². The van der Waals surface area contributed by atoms with Crippen molar-refractivity contribution < 1.29 is 14.6 Å². The fourth-order valence-electron chi connectivity index (χ4n) is 3.71.